The maximum absolute atomic E-state index is 5.68. The fourth-order valence-corrected chi connectivity index (χ4v) is 2.25. The SMILES string of the molecule is c1ccc(OCCNCc2cccc3c2OCCO3)cc1. The van der Waals surface area contributed by atoms with Crippen molar-refractivity contribution in [2.24, 2.45) is 0 Å². The van der Waals surface area contributed by atoms with E-state index in [2.05, 4.69) is 11.4 Å². The maximum Gasteiger partial charge on any atom is 0.165 e. The Morgan fingerprint density at radius 3 is 2.71 bits per heavy atom. The fourth-order valence-electron chi connectivity index (χ4n) is 2.25. The van der Waals surface area contributed by atoms with Crippen LogP contribution in [0, 0.1) is 0 Å². The molecule has 1 N–H and O–H groups in total. The minimum Gasteiger partial charge on any atom is -0.492 e. The third kappa shape index (κ3) is 3.67. The summed E-state index contributed by atoms with van der Waals surface area (Å²) in [6, 6.07) is 15.8. The molecule has 0 unspecified atom stereocenters. The second-order valence-electron chi connectivity index (χ2n) is 4.78. The summed E-state index contributed by atoms with van der Waals surface area (Å²) in [5.41, 5.74) is 1.12. The van der Waals surface area contributed by atoms with Crippen molar-refractivity contribution < 1.29 is 14.2 Å². The predicted molar refractivity (Wildman–Crippen MR) is 81.1 cm³/mol. The highest BCUT2D eigenvalue weighted by atomic mass is 16.6. The van der Waals surface area contributed by atoms with Crippen molar-refractivity contribution >= 4 is 0 Å². The highest BCUT2D eigenvalue weighted by Crippen LogP contribution is 2.33. The van der Waals surface area contributed by atoms with Crippen molar-refractivity contribution in [2.45, 2.75) is 6.54 Å². The number of ether oxygens (including phenoxy) is 3. The first-order valence-electron chi connectivity index (χ1n) is 7.19. The van der Waals surface area contributed by atoms with Crippen LogP contribution in [0.1, 0.15) is 5.56 Å². The van der Waals surface area contributed by atoms with E-state index in [0.29, 0.717) is 19.8 Å². The molecular weight excluding hydrogens is 266 g/mol. The van der Waals surface area contributed by atoms with Gasteiger partial charge in [0.15, 0.2) is 11.5 Å². The molecular formula is C17H19NO3. The zero-order valence-electron chi connectivity index (χ0n) is 11.9. The van der Waals surface area contributed by atoms with Gasteiger partial charge in [0, 0.05) is 18.7 Å². The fraction of sp³-hybridized carbons (Fsp3) is 0.294. The Bertz CT molecular complexity index is 572. The second kappa shape index (κ2) is 6.99. The molecule has 2 aromatic rings. The zero-order chi connectivity index (χ0) is 14.3. The van der Waals surface area contributed by atoms with Gasteiger partial charge in [0.1, 0.15) is 25.6 Å². The molecule has 0 atom stereocenters. The Kier molecular flexibility index (Phi) is 4.59. The molecule has 0 spiro atoms. The van der Waals surface area contributed by atoms with Gasteiger partial charge in [-0.1, -0.05) is 30.3 Å². The number of hydrogen-bond acceptors (Lipinski definition) is 4. The number of fused-ring (bicyclic) bond motifs is 1. The van der Waals surface area contributed by atoms with E-state index in [1.807, 2.05) is 42.5 Å². The standard InChI is InChI=1S/C17H19NO3/c1-2-6-15(7-3-1)19-10-9-18-13-14-5-4-8-16-17(14)21-12-11-20-16/h1-8,18H,9-13H2. The molecule has 2 aromatic carbocycles. The molecule has 0 saturated carbocycles. The van der Waals surface area contributed by atoms with Gasteiger partial charge in [-0.05, 0) is 18.2 Å². The first-order valence-corrected chi connectivity index (χ1v) is 7.19. The van der Waals surface area contributed by atoms with Gasteiger partial charge in [0.25, 0.3) is 0 Å². The van der Waals surface area contributed by atoms with Gasteiger partial charge in [-0.25, -0.2) is 0 Å². The largest absolute Gasteiger partial charge is 0.492 e. The van der Waals surface area contributed by atoms with E-state index in [4.69, 9.17) is 14.2 Å². The highest BCUT2D eigenvalue weighted by molar-refractivity contribution is 5.47. The molecule has 3 rings (SSSR count). The molecule has 0 amide bonds. The molecule has 1 aliphatic heterocycles. The van der Waals surface area contributed by atoms with Crippen molar-refractivity contribution in [1.82, 2.24) is 5.32 Å². The number of benzene rings is 2. The summed E-state index contributed by atoms with van der Waals surface area (Å²) < 4.78 is 16.9. The van der Waals surface area contributed by atoms with E-state index < -0.39 is 0 Å². The molecule has 1 aliphatic rings. The Morgan fingerprint density at radius 1 is 0.952 bits per heavy atom. The number of para-hydroxylation sites is 2. The molecule has 1 heterocycles. The predicted octanol–water partition coefficient (Wildman–Crippen LogP) is 2.63. The van der Waals surface area contributed by atoms with E-state index in [1.54, 1.807) is 0 Å². The lowest BCUT2D eigenvalue weighted by Gasteiger charge is -2.21. The van der Waals surface area contributed by atoms with Crippen LogP contribution in [-0.4, -0.2) is 26.4 Å². The topological polar surface area (TPSA) is 39.7 Å². The van der Waals surface area contributed by atoms with Crippen LogP contribution in [0.5, 0.6) is 17.2 Å². The zero-order valence-corrected chi connectivity index (χ0v) is 11.9. The molecule has 0 saturated heterocycles. The van der Waals surface area contributed by atoms with Gasteiger partial charge in [0.2, 0.25) is 0 Å². The second-order valence-corrected chi connectivity index (χ2v) is 4.78. The highest BCUT2D eigenvalue weighted by Gasteiger charge is 2.14. The lowest BCUT2D eigenvalue weighted by Crippen LogP contribution is -2.22. The molecule has 4 nitrogen and oxygen atoms in total. The summed E-state index contributed by atoms with van der Waals surface area (Å²) >= 11 is 0. The molecule has 21 heavy (non-hydrogen) atoms. The maximum atomic E-state index is 5.68. The summed E-state index contributed by atoms with van der Waals surface area (Å²) in [5.74, 6) is 2.59. The number of hydrogen-bond donors (Lipinski definition) is 1. The molecule has 4 heteroatoms. The Balaban J connectivity index is 1.45. The van der Waals surface area contributed by atoms with Crippen molar-refractivity contribution in [3.05, 3.63) is 54.1 Å². The smallest absolute Gasteiger partial charge is 0.165 e. The van der Waals surface area contributed by atoms with E-state index in [9.17, 15) is 0 Å². The van der Waals surface area contributed by atoms with Crippen LogP contribution in [0.4, 0.5) is 0 Å². The van der Waals surface area contributed by atoms with Gasteiger partial charge in [-0.3, -0.25) is 0 Å². The number of rotatable bonds is 6. The summed E-state index contributed by atoms with van der Waals surface area (Å²) in [6.45, 7) is 3.39. The van der Waals surface area contributed by atoms with Gasteiger partial charge in [-0.15, -0.1) is 0 Å². The van der Waals surface area contributed by atoms with E-state index in [1.165, 1.54) is 0 Å². The molecule has 110 valence electrons. The summed E-state index contributed by atoms with van der Waals surface area (Å²) in [7, 11) is 0. The summed E-state index contributed by atoms with van der Waals surface area (Å²) in [4.78, 5) is 0. The minimum atomic E-state index is 0.612. The first kappa shape index (κ1) is 13.8. The van der Waals surface area contributed by atoms with E-state index >= 15 is 0 Å². The van der Waals surface area contributed by atoms with Gasteiger partial charge in [-0.2, -0.15) is 0 Å². The Labute approximate surface area is 124 Å². The van der Waals surface area contributed by atoms with Crippen molar-refractivity contribution in [3.8, 4) is 17.2 Å². The van der Waals surface area contributed by atoms with Crippen LogP contribution >= 0.6 is 0 Å². The van der Waals surface area contributed by atoms with Crippen molar-refractivity contribution in [3.63, 3.8) is 0 Å². The first-order chi connectivity index (χ1) is 10.4. The summed E-state index contributed by atoms with van der Waals surface area (Å²) in [6.07, 6.45) is 0. The van der Waals surface area contributed by atoms with Gasteiger partial charge >= 0.3 is 0 Å². The van der Waals surface area contributed by atoms with Gasteiger partial charge < -0.3 is 19.5 Å². The monoisotopic (exact) mass is 285 g/mol. The van der Waals surface area contributed by atoms with Crippen molar-refractivity contribution in [1.29, 1.82) is 0 Å². The van der Waals surface area contributed by atoms with E-state index in [0.717, 1.165) is 35.9 Å². The van der Waals surface area contributed by atoms with Crippen LogP contribution in [-0.2, 0) is 6.54 Å². The average molecular weight is 285 g/mol. The van der Waals surface area contributed by atoms with Crippen LogP contribution in [0.25, 0.3) is 0 Å². The lowest BCUT2D eigenvalue weighted by molar-refractivity contribution is 0.169. The van der Waals surface area contributed by atoms with Crippen LogP contribution in [0.15, 0.2) is 48.5 Å². The van der Waals surface area contributed by atoms with Crippen molar-refractivity contribution in [2.75, 3.05) is 26.4 Å². The van der Waals surface area contributed by atoms with Crippen LogP contribution in [0.2, 0.25) is 0 Å². The van der Waals surface area contributed by atoms with Crippen LogP contribution in [0.3, 0.4) is 0 Å². The molecule has 0 aromatic heterocycles. The Hall–Kier alpha value is -2.20. The lowest BCUT2D eigenvalue weighted by atomic mass is 10.1. The molecule has 0 fully saturated rings. The molecule has 0 bridgehead atoms. The third-order valence-electron chi connectivity index (χ3n) is 3.25. The average Bonchev–Trinajstić information content (AvgIpc) is 2.56. The normalized spacial score (nSPS) is 13.0. The minimum absolute atomic E-state index is 0.612. The summed E-state index contributed by atoms with van der Waals surface area (Å²) in [5, 5.41) is 3.36. The number of nitrogens with one attached hydrogen (secondary N) is 1. The molecule has 0 radical (unpaired) electrons. The van der Waals surface area contributed by atoms with Crippen LogP contribution < -0.4 is 19.5 Å². The molecule has 0 aliphatic carbocycles. The quantitative estimate of drug-likeness (QED) is 0.828. The third-order valence-corrected chi connectivity index (χ3v) is 3.25. The van der Waals surface area contributed by atoms with Gasteiger partial charge in [0.05, 0.1) is 0 Å². The van der Waals surface area contributed by atoms with E-state index in [-0.39, 0.29) is 0 Å². The Morgan fingerprint density at radius 2 is 1.81 bits per heavy atom.